The van der Waals surface area contributed by atoms with Crippen LogP contribution in [0.3, 0.4) is 0 Å². The molecule has 0 aliphatic heterocycles. The molecular formula is C15H24N4O3S. The Balaban J connectivity index is 1.99. The second-order valence-corrected chi connectivity index (χ2v) is 6.72. The van der Waals surface area contributed by atoms with Crippen molar-refractivity contribution in [3.8, 4) is 0 Å². The normalized spacial score (nSPS) is 15.2. The van der Waals surface area contributed by atoms with Gasteiger partial charge in [-0.25, -0.2) is 4.79 Å². The Morgan fingerprint density at radius 3 is 2.87 bits per heavy atom. The van der Waals surface area contributed by atoms with Crippen molar-refractivity contribution in [1.82, 2.24) is 15.1 Å². The number of anilines is 1. The van der Waals surface area contributed by atoms with Crippen molar-refractivity contribution in [1.29, 1.82) is 0 Å². The fourth-order valence-corrected chi connectivity index (χ4v) is 3.17. The number of urea groups is 1. The molecule has 1 unspecified atom stereocenters. The number of rotatable bonds is 10. The molecule has 1 N–H and O–H groups in total. The highest BCUT2D eigenvalue weighted by Gasteiger charge is 2.29. The first-order valence-electron chi connectivity index (χ1n) is 8.04. The van der Waals surface area contributed by atoms with E-state index >= 15 is 0 Å². The molecule has 1 heterocycles. The van der Waals surface area contributed by atoms with Gasteiger partial charge in [0.15, 0.2) is 0 Å². The fourth-order valence-electron chi connectivity index (χ4n) is 2.27. The molecule has 1 atom stereocenters. The summed E-state index contributed by atoms with van der Waals surface area (Å²) in [6.45, 7) is 2.80. The predicted octanol–water partition coefficient (Wildman–Crippen LogP) is 2.65. The maximum atomic E-state index is 12.5. The number of carbonyl (C=O) groups is 2. The lowest BCUT2D eigenvalue weighted by molar-refractivity contribution is -0.113. The van der Waals surface area contributed by atoms with Crippen LogP contribution in [0.2, 0.25) is 0 Å². The Bertz CT molecular complexity index is 519. The molecule has 0 radical (unpaired) electrons. The molecule has 7 nitrogen and oxygen atoms in total. The monoisotopic (exact) mass is 340 g/mol. The maximum absolute atomic E-state index is 12.5. The van der Waals surface area contributed by atoms with Gasteiger partial charge < -0.3 is 14.4 Å². The van der Waals surface area contributed by atoms with Gasteiger partial charge in [-0.05, 0) is 19.3 Å². The van der Waals surface area contributed by atoms with E-state index in [9.17, 15) is 9.59 Å². The van der Waals surface area contributed by atoms with E-state index in [2.05, 4.69) is 22.4 Å². The Hall–Kier alpha value is -1.54. The summed E-state index contributed by atoms with van der Waals surface area (Å²) in [4.78, 5) is 25.3. The van der Waals surface area contributed by atoms with Gasteiger partial charge in [-0.2, -0.15) is 0 Å². The first-order valence-corrected chi connectivity index (χ1v) is 8.86. The molecule has 1 aromatic heterocycles. The second kappa shape index (κ2) is 8.93. The second-order valence-electron chi connectivity index (χ2n) is 5.71. The van der Waals surface area contributed by atoms with Crippen LogP contribution in [0.15, 0.2) is 0 Å². The molecule has 0 spiro atoms. The minimum Gasteiger partial charge on any atom is -0.382 e. The van der Waals surface area contributed by atoms with Crippen LogP contribution in [0.5, 0.6) is 0 Å². The SMILES string of the molecule is CCCCCN(C(=O)Nc1nnc(C2CC2)s1)C(C=O)COC. The molecule has 0 bridgehead atoms. The zero-order valence-corrected chi connectivity index (χ0v) is 14.5. The van der Waals surface area contributed by atoms with Crippen LogP contribution in [0.1, 0.15) is 50.0 Å². The Kier molecular flexibility index (Phi) is 6.91. The maximum Gasteiger partial charge on any atom is 0.324 e. The first-order chi connectivity index (χ1) is 11.2. The van der Waals surface area contributed by atoms with E-state index in [0.29, 0.717) is 17.6 Å². The predicted molar refractivity (Wildman–Crippen MR) is 88.9 cm³/mol. The lowest BCUT2D eigenvalue weighted by Crippen LogP contribution is -2.46. The van der Waals surface area contributed by atoms with Gasteiger partial charge in [-0.15, -0.1) is 10.2 Å². The highest BCUT2D eigenvalue weighted by molar-refractivity contribution is 7.15. The van der Waals surface area contributed by atoms with Crippen molar-refractivity contribution in [3.05, 3.63) is 5.01 Å². The topological polar surface area (TPSA) is 84.4 Å². The molecule has 0 saturated heterocycles. The van der Waals surface area contributed by atoms with Crippen molar-refractivity contribution < 1.29 is 14.3 Å². The van der Waals surface area contributed by atoms with Gasteiger partial charge >= 0.3 is 6.03 Å². The number of ether oxygens (including phenoxy) is 1. The number of aldehydes is 1. The summed E-state index contributed by atoms with van der Waals surface area (Å²) in [5.74, 6) is 0.509. The standard InChI is InChI=1S/C15H24N4O3S/c1-3-4-5-8-19(12(9-20)10-22-2)15(21)16-14-18-17-13(23-14)11-6-7-11/h9,11-12H,3-8,10H2,1-2H3,(H,16,18,21). The largest absolute Gasteiger partial charge is 0.382 e. The van der Waals surface area contributed by atoms with Crippen molar-refractivity contribution in [2.75, 3.05) is 25.6 Å². The molecule has 0 aromatic carbocycles. The zero-order chi connectivity index (χ0) is 16.7. The van der Waals surface area contributed by atoms with E-state index < -0.39 is 6.04 Å². The number of methoxy groups -OCH3 is 1. The van der Waals surface area contributed by atoms with Crippen molar-refractivity contribution in [2.45, 2.75) is 51.0 Å². The number of hydrogen-bond donors (Lipinski definition) is 1. The van der Waals surface area contributed by atoms with Crippen molar-refractivity contribution >= 4 is 28.8 Å². The molecule has 2 rings (SSSR count). The number of nitrogens with zero attached hydrogens (tertiary/aromatic N) is 3. The number of carbonyl (C=O) groups excluding carboxylic acids is 2. The smallest absolute Gasteiger partial charge is 0.324 e. The average molecular weight is 340 g/mol. The van der Waals surface area contributed by atoms with E-state index in [1.54, 1.807) is 0 Å². The molecular weight excluding hydrogens is 316 g/mol. The van der Waals surface area contributed by atoms with Gasteiger partial charge in [0.1, 0.15) is 17.3 Å². The quantitative estimate of drug-likeness (QED) is 0.523. The zero-order valence-electron chi connectivity index (χ0n) is 13.7. The summed E-state index contributed by atoms with van der Waals surface area (Å²) >= 11 is 1.41. The molecule has 128 valence electrons. The molecule has 23 heavy (non-hydrogen) atoms. The summed E-state index contributed by atoms with van der Waals surface area (Å²) in [5.41, 5.74) is 0. The number of amides is 2. The Morgan fingerprint density at radius 2 is 2.26 bits per heavy atom. The van der Waals surface area contributed by atoms with Gasteiger partial charge in [0, 0.05) is 19.6 Å². The number of nitrogens with one attached hydrogen (secondary N) is 1. The minimum absolute atomic E-state index is 0.187. The van der Waals surface area contributed by atoms with E-state index in [4.69, 9.17) is 4.74 Å². The summed E-state index contributed by atoms with van der Waals surface area (Å²) in [6.07, 6.45) is 5.95. The van der Waals surface area contributed by atoms with Crippen LogP contribution in [-0.2, 0) is 9.53 Å². The fraction of sp³-hybridized carbons (Fsp3) is 0.733. The Labute approximate surface area is 140 Å². The van der Waals surface area contributed by atoms with Crippen LogP contribution in [0, 0.1) is 0 Å². The molecule has 2 amide bonds. The summed E-state index contributed by atoms with van der Waals surface area (Å²) in [7, 11) is 1.52. The molecule has 1 fully saturated rings. The minimum atomic E-state index is -0.590. The van der Waals surface area contributed by atoms with Crippen LogP contribution in [0.25, 0.3) is 0 Å². The Morgan fingerprint density at radius 1 is 1.48 bits per heavy atom. The molecule has 1 saturated carbocycles. The van der Waals surface area contributed by atoms with Gasteiger partial charge in [0.25, 0.3) is 0 Å². The third-order valence-corrected chi connectivity index (χ3v) is 4.74. The van der Waals surface area contributed by atoms with Crippen LogP contribution < -0.4 is 5.32 Å². The molecule has 1 aliphatic carbocycles. The lowest BCUT2D eigenvalue weighted by Gasteiger charge is -2.27. The lowest BCUT2D eigenvalue weighted by atomic mass is 10.2. The first kappa shape index (κ1) is 17.8. The molecule has 8 heteroatoms. The third-order valence-electron chi connectivity index (χ3n) is 3.74. The van der Waals surface area contributed by atoms with Gasteiger partial charge in [0.2, 0.25) is 5.13 Å². The van der Waals surface area contributed by atoms with Crippen LogP contribution >= 0.6 is 11.3 Å². The van der Waals surface area contributed by atoms with Gasteiger partial charge in [0.05, 0.1) is 6.61 Å². The summed E-state index contributed by atoms with van der Waals surface area (Å²) in [5, 5.41) is 12.3. The number of unbranched alkanes of at least 4 members (excludes halogenated alkanes) is 2. The highest BCUT2D eigenvalue weighted by Crippen LogP contribution is 2.42. The number of aromatic nitrogens is 2. The van der Waals surface area contributed by atoms with E-state index in [-0.39, 0.29) is 12.6 Å². The summed E-state index contributed by atoms with van der Waals surface area (Å²) < 4.78 is 5.05. The molecule has 1 aromatic rings. The average Bonchev–Trinajstić information content (AvgIpc) is 3.30. The van der Waals surface area contributed by atoms with Crippen LogP contribution in [-0.4, -0.2) is 53.7 Å². The van der Waals surface area contributed by atoms with E-state index in [1.165, 1.54) is 23.3 Å². The van der Waals surface area contributed by atoms with Crippen LogP contribution in [0.4, 0.5) is 9.93 Å². The van der Waals surface area contributed by atoms with E-state index in [0.717, 1.165) is 43.4 Å². The molecule has 1 aliphatic rings. The van der Waals surface area contributed by atoms with E-state index in [1.807, 2.05) is 0 Å². The highest BCUT2D eigenvalue weighted by atomic mass is 32.1. The van der Waals surface area contributed by atoms with Crippen molar-refractivity contribution in [3.63, 3.8) is 0 Å². The van der Waals surface area contributed by atoms with Gasteiger partial charge in [-0.3, -0.25) is 5.32 Å². The van der Waals surface area contributed by atoms with Crippen molar-refractivity contribution in [2.24, 2.45) is 0 Å². The summed E-state index contributed by atoms with van der Waals surface area (Å²) in [6, 6.07) is -0.915. The number of hydrogen-bond acceptors (Lipinski definition) is 6. The third kappa shape index (κ3) is 5.24. The van der Waals surface area contributed by atoms with Gasteiger partial charge in [-0.1, -0.05) is 31.1 Å².